The molecule has 0 aromatic carbocycles. The molecule has 276 valence electrons. The van der Waals surface area contributed by atoms with Gasteiger partial charge in [-0.1, -0.05) is 140 Å². The summed E-state index contributed by atoms with van der Waals surface area (Å²) >= 11 is 0. The van der Waals surface area contributed by atoms with Crippen LogP contribution in [0.25, 0.3) is 0 Å². The van der Waals surface area contributed by atoms with Crippen LogP contribution in [0.3, 0.4) is 0 Å². The fourth-order valence-electron chi connectivity index (χ4n) is 5.16. The molecule has 0 fully saturated rings. The number of hydrogen-bond acceptors (Lipinski definition) is 6. The van der Waals surface area contributed by atoms with Crippen LogP contribution in [0, 0.1) is 0 Å². The maximum Gasteiger partial charge on any atom is 0.306 e. The standard InChI is InChI=1S/C42H72O6/c1-4-7-10-13-16-19-20-21-24-26-29-32-35-41(44)47-38-39(48-42(45)36-33-30-27-23-18-15-12-9-6-3)37-46-40(43)34-31-28-25-22-17-14-11-8-5-2/h8-9,11-12,17-18,22-23,39H,4-7,10,13-16,19-21,24-38H2,1-3H3/b11-8-,12-9-,22-17-,23-18-. The Bertz CT molecular complexity index is 871. The van der Waals surface area contributed by atoms with Crippen molar-refractivity contribution in [2.45, 2.75) is 187 Å². The molecule has 0 saturated heterocycles. The second-order valence-electron chi connectivity index (χ2n) is 12.8. The van der Waals surface area contributed by atoms with Crippen LogP contribution >= 0.6 is 0 Å². The Morgan fingerprint density at radius 3 is 1.25 bits per heavy atom. The molecule has 0 N–H and O–H groups in total. The van der Waals surface area contributed by atoms with E-state index < -0.39 is 6.10 Å². The summed E-state index contributed by atoms with van der Waals surface area (Å²) in [4.78, 5) is 37.3. The fraction of sp³-hybridized carbons (Fsp3) is 0.738. The van der Waals surface area contributed by atoms with Crippen LogP contribution in [0.2, 0.25) is 0 Å². The van der Waals surface area contributed by atoms with Gasteiger partial charge < -0.3 is 14.2 Å². The molecule has 48 heavy (non-hydrogen) atoms. The van der Waals surface area contributed by atoms with Gasteiger partial charge >= 0.3 is 17.9 Å². The van der Waals surface area contributed by atoms with Crippen LogP contribution in [-0.2, 0) is 28.6 Å². The molecule has 0 aliphatic carbocycles. The number of carbonyl (C=O) groups is 3. The first-order valence-electron chi connectivity index (χ1n) is 19.6. The Hall–Kier alpha value is -2.63. The Labute approximate surface area is 295 Å². The summed E-state index contributed by atoms with van der Waals surface area (Å²) in [6, 6.07) is 0. The lowest BCUT2D eigenvalue weighted by molar-refractivity contribution is -0.167. The summed E-state index contributed by atoms with van der Waals surface area (Å²) in [6.07, 6.45) is 41.2. The zero-order chi connectivity index (χ0) is 35.2. The molecule has 0 spiro atoms. The maximum absolute atomic E-state index is 12.6. The lowest BCUT2D eigenvalue weighted by Crippen LogP contribution is -2.30. The Kier molecular flexibility index (Phi) is 35.2. The van der Waals surface area contributed by atoms with E-state index in [2.05, 4.69) is 69.4 Å². The van der Waals surface area contributed by atoms with Crippen LogP contribution in [-0.4, -0.2) is 37.2 Å². The first-order chi connectivity index (χ1) is 23.5. The minimum atomic E-state index is -0.795. The van der Waals surface area contributed by atoms with Crippen LogP contribution in [0.5, 0.6) is 0 Å². The molecule has 0 heterocycles. The molecule has 0 bridgehead atoms. The molecule has 6 heteroatoms. The molecule has 0 amide bonds. The van der Waals surface area contributed by atoms with Crippen LogP contribution < -0.4 is 0 Å². The smallest absolute Gasteiger partial charge is 0.306 e. The van der Waals surface area contributed by atoms with Gasteiger partial charge in [-0.05, 0) is 70.6 Å². The average Bonchev–Trinajstić information content (AvgIpc) is 3.08. The Morgan fingerprint density at radius 2 is 0.812 bits per heavy atom. The summed E-state index contributed by atoms with van der Waals surface area (Å²) in [7, 11) is 0. The third kappa shape index (κ3) is 34.7. The van der Waals surface area contributed by atoms with Crippen molar-refractivity contribution in [3.05, 3.63) is 48.6 Å². The van der Waals surface area contributed by atoms with Crippen molar-refractivity contribution in [1.29, 1.82) is 0 Å². The van der Waals surface area contributed by atoms with E-state index in [1.807, 2.05) is 0 Å². The SMILES string of the molecule is CC/C=C\C/C=C\CCCCC(=O)OCC(COC(=O)CCCCCCCCCCCCCC)OC(=O)CCCC/C=C\C/C=C\CC. The highest BCUT2D eigenvalue weighted by Crippen LogP contribution is 2.13. The third-order valence-electron chi connectivity index (χ3n) is 8.08. The molecule has 0 radical (unpaired) electrons. The van der Waals surface area contributed by atoms with Gasteiger partial charge in [-0.25, -0.2) is 0 Å². The number of ether oxygens (including phenoxy) is 3. The second-order valence-corrected chi connectivity index (χ2v) is 12.8. The third-order valence-corrected chi connectivity index (χ3v) is 8.08. The van der Waals surface area contributed by atoms with E-state index in [1.165, 1.54) is 57.8 Å². The molecule has 0 aliphatic rings. The molecule has 0 aromatic rings. The summed E-state index contributed by atoms with van der Waals surface area (Å²) in [5.41, 5.74) is 0. The van der Waals surface area contributed by atoms with Crippen molar-refractivity contribution in [2.75, 3.05) is 13.2 Å². The summed E-state index contributed by atoms with van der Waals surface area (Å²) in [5.74, 6) is -0.981. The first kappa shape index (κ1) is 45.4. The van der Waals surface area contributed by atoms with E-state index >= 15 is 0 Å². The Balaban J connectivity index is 4.42. The highest BCUT2D eigenvalue weighted by Gasteiger charge is 2.19. The number of rotatable bonds is 34. The predicted molar refractivity (Wildman–Crippen MR) is 201 cm³/mol. The van der Waals surface area contributed by atoms with Crippen molar-refractivity contribution in [2.24, 2.45) is 0 Å². The van der Waals surface area contributed by atoms with Gasteiger partial charge in [0, 0.05) is 19.3 Å². The minimum absolute atomic E-state index is 0.0958. The Morgan fingerprint density at radius 1 is 0.438 bits per heavy atom. The van der Waals surface area contributed by atoms with E-state index in [0.29, 0.717) is 19.3 Å². The molecule has 1 unspecified atom stereocenters. The highest BCUT2D eigenvalue weighted by atomic mass is 16.6. The van der Waals surface area contributed by atoms with Crippen molar-refractivity contribution in [1.82, 2.24) is 0 Å². The largest absolute Gasteiger partial charge is 0.462 e. The number of carbonyl (C=O) groups excluding carboxylic acids is 3. The number of esters is 3. The van der Waals surface area contributed by atoms with Gasteiger partial charge in [0.2, 0.25) is 0 Å². The number of hydrogen-bond donors (Lipinski definition) is 0. The predicted octanol–water partition coefficient (Wildman–Crippen LogP) is 12.0. The van der Waals surface area contributed by atoms with E-state index in [1.54, 1.807) is 0 Å². The zero-order valence-electron chi connectivity index (χ0n) is 31.2. The fourth-order valence-corrected chi connectivity index (χ4v) is 5.16. The molecule has 0 aromatic heterocycles. The molecule has 0 saturated carbocycles. The van der Waals surface area contributed by atoms with Crippen LogP contribution in [0.1, 0.15) is 181 Å². The highest BCUT2D eigenvalue weighted by molar-refractivity contribution is 5.71. The van der Waals surface area contributed by atoms with Gasteiger partial charge in [0.25, 0.3) is 0 Å². The molecule has 0 rings (SSSR count). The van der Waals surface area contributed by atoms with Crippen LogP contribution in [0.15, 0.2) is 48.6 Å². The number of allylic oxidation sites excluding steroid dienone is 8. The average molecular weight is 673 g/mol. The monoisotopic (exact) mass is 673 g/mol. The summed E-state index contributed by atoms with van der Waals surface area (Å²) in [5, 5.41) is 0. The van der Waals surface area contributed by atoms with E-state index in [-0.39, 0.29) is 37.5 Å². The second kappa shape index (κ2) is 37.2. The van der Waals surface area contributed by atoms with E-state index in [9.17, 15) is 14.4 Å². The van der Waals surface area contributed by atoms with Gasteiger partial charge in [0.05, 0.1) is 0 Å². The molecule has 6 nitrogen and oxygen atoms in total. The van der Waals surface area contributed by atoms with E-state index in [0.717, 1.165) is 77.0 Å². The quantitative estimate of drug-likeness (QED) is 0.0293. The molecular weight excluding hydrogens is 600 g/mol. The van der Waals surface area contributed by atoms with Crippen molar-refractivity contribution in [3.63, 3.8) is 0 Å². The number of unbranched alkanes of at least 4 members (excludes halogenated alkanes) is 15. The lowest BCUT2D eigenvalue weighted by Gasteiger charge is -2.18. The summed E-state index contributed by atoms with van der Waals surface area (Å²) in [6.45, 7) is 6.29. The normalized spacial score (nSPS) is 12.5. The van der Waals surface area contributed by atoms with Crippen molar-refractivity contribution in [3.8, 4) is 0 Å². The molecular formula is C42H72O6. The van der Waals surface area contributed by atoms with Gasteiger partial charge in [-0.3, -0.25) is 14.4 Å². The zero-order valence-corrected chi connectivity index (χ0v) is 31.2. The van der Waals surface area contributed by atoms with Crippen molar-refractivity contribution >= 4 is 17.9 Å². The van der Waals surface area contributed by atoms with Gasteiger partial charge in [0.15, 0.2) is 6.10 Å². The minimum Gasteiger partial charge on any atom is -0.462 e. The topological polar surface area (TPSA) is 78.9 Å². The van der Waals surface area contributed by atoms with Gasteiger partial charge in [-0.15, -0.1) is 0 Å². The van der Waals surface area contributed by atoms with E-state index in [4.69, 9.17) is 14.2 Å². The lowest BCUT2D eigenvalue weighted by atomic mass is 10.0. The first-order valence-corrected chi connectivity index (χ1v) is 19.6. The van der Waals surface area contributed by atoms with Crippen LogP contribution in [0.4, 0.5) is 0 Å². The summed E-state index contributed by atoms with van der Waals surface area (Å²) < 4.78 is 16.5. The van der Waals surface area contributed by atoms with Gasteiger partial charge in [0.1, 0.15) is 13.2 Å². The van der Waals surface area contributed by atoms with Crippen molar-refractivity contribution < 1.29 is 28.6 Å². The molecule has 0 aliphatic heterocycles. The molecule has 1 atom stereocenters. The maximum atomic E-state index is 12.6. The van der Waals surface area contributed by atoms with Gasteiger partial charge in [-0.2, -0.15) is 0 Å².